The second kappa shape index (κ2) is 4.26. The van der Waals surface area contributed by atoms with E-state index in [1.165, 1.54) is 31.5 Å². The van der Waals surface area contributed by atoms with Gasteiger partial charge in [0, 0.05) is 18.4 Å². The lowest BCUT2D eigenvalue weighted by Crippen LogP contribution is -3.08. The lowest BCUT2D eigenvalue weighted by Gasteiger charge is -2.11. The van der Waals surface area contributed by atoms with Crippen molar-refractivity contribution in [3.05, 3.63) is 35.4 Å². The van der Waals surface area contributed by atoms with E-state index in [1.54, 1.807) is 4.90 Å². The number of hydrogen-bond donors (Lipinski definition) is 1. The smallest absolute Gasteiger partial charge is 0.103 e. The molecule has 0 radical (unpaired) electrons. The number of likely N-dealkylation sites (tertiary alicyclic amines) is 1. The lowest BCUT2D eigenvalue weighted by molar-refractivity contribution is -0.901. The molecule has 0 aromatic heterocycles. The van der Waals surface area contributed by atoms with Crippen LogP contribution in [0.1, 0.15) is 24.0 Å². The molecule has 0 bridgehead atoms. The highest BCUT2D eigenvalue weighted by atomic mass is 15.1. The molecule has 1 heterocycles. The van der Waals surface area contributed by atoms with Gasteiger partial charge in [-0.1, -0.05) is 12.1 Å². The van der Waals surface area contributed by atoms with Gasteiger partial charge in [-0.15, -0.1) is 0 Å². The second-order valence-corrected chi connectivity index (χ2v) is 3.94. The van der Waals surface area contributed by atoms with Crippen molar-refractivity contribution in [3.63, 3.8) is 0 Å². The van der Waals surface area contributed by atoms with Gasteiger partial charge >= 0.3 is 0 Å². The summed E-state index contributed by atoms with van der Waals surface area (Å²) in [6.07, 6.45) is 2.73. The Bertz CT molecular complexity index is 328. The van der Waals surface area contributed by atoms with Crippen molar-refractivity contribution in [2.24, 2.45) is 0 Å². The van der Waals surface area contributed by atoms with Gasteiger partial charge in [0.25, 0.3) is 0 Å². The number of hydrogen-bond acceptors (Lipinski definition) is 1. The summed E-state index contributed by atoms with van der Waals surface area (Å²) in [7, 11) is 0. The van der Waals surface area contributed by atoms with Gasteiger partial charge < -0.3 is 4.90 Å². The quantitative estimate of drug-likeness (QED) is 0.726. The van der Waals surface area contributed by atoms with Crippen molar-refractivity contribution in [1.82, 2.24) is 0 Å². The molecule has 0 aliphatic carbocycles. The molecule has 2 heteroatoms. The van der Waals surface area contributed by atoms with Gasteiger partial charge in [-0.2, -0.15) is 5.26 Å². The Morgan fingerprint density at radius 1 is 1.14 bits per heavy atom. The van der Waals surface area contributed by atoms with Gasteiger partial charge in [0.05, 0.1) is 24.7 Å². The molecule has 1 aliphatic rings. The Balaban J connectivity index is 1.99. The average Bonchev–Trinajstić information content (AvgIpc) is 2.72. The van der Waals surface area contributed by atoms with E-state index in [0.717, 1.165) is 12.1 Å². The van der Waals surface area contributed by atoms with E-state index in [4.69, 9.17) is 5.26 Å². The number of quaternary nitrogens is 1. The fourth-order valence-electron chi connectivity index (χ4n) is 2.04. The zero-order valence-corrected chi connectivity index (χ0v) is 8.29. The third-order valence-corrected chi connectivity index (χ3v) is 2.85. The Kier molecular flexibility index (Phi) is 2.81. The minimum Gasteiger partial charge on any atom is -0.331 e. The minimum absolute atomic E-state index is 0.755. The van der Waals surface area contributed by atoms with Crippen molar-refractivity contribution >= 4 is 0 Å². The van der Waals surface area contributed by atoms with E-state index >= 15 is 0 Å². The summed E-state index contributed by atoms with van der Waals surface area (Å²) in [5.74, 6) is 0. The maximum atomic E-state index is 8.66. The van der Waals surface area contributed by atoms with E-state index < -0.39 is 0 Å². The summed E-state index contributed by atoms with van der Waals surface area (Å²) in [6.45, 7) is 3.73. The molecule has 72 valence electrons. The van der Waals surface area contributed by atoms with Crippen LogP contribution in [0.25, 0.3) is 0 Å². The van der Waals surface area contributed by atoms with Crippen LogP contribution in [-0.2, 0) is 6.54 Å². The molecule has 1 N–H and O–H groups in total. The molecule has 2 nitrogen and oxygen atoms in total. The number of rotatable bonds is 2. The molecular weight excluding hydrogens is 172 g/mol. The van der Waals surface area contributed by atoms with Crippen LogP contribution < -0.4 is 4.90 Å². The fourth-order valence-corrected chi connectivity index (χ4v) is 2.04. The summed E-state index contributed by atoms with van der Waals surface area (Å²) in [5, 5.41) is 8.66. The minimum atomic E-state index is 0.755. The molecule has 1 aliphatic heterocycles. The first-order valence-corrected chi connectivity index (χ1v) is 5.21. The SMILES string of the molecule is N#Cc1ccc(C[NH+]2CCCC2)cc1. The third kappa shape index (κ3) is 2.12. The topological polar surface area (TPSA) is 28.2 Å². The van der Waals surface area contributed by atoms with E-state index in [0.29, 0.717) is 0 Å². The van der Waals surface area contributed by atoms with Crippen molar-refractivity contribution < 1.29 is 4.90 Å². The monoisotopic (exact) mass is 187 g/mol. The molecular formula is C12H15N2+. The van der Waals surface area contributed by atoms with Gasteiger partial charge in [-0.05, 0) is 12.1 Å². The lowest BCUT2D eigenvalue weighted by atomic mass is 10.1. The summed E-state index contributed by atoms with van der Waals surface area (Å²) in [5.41, 5.74) is 2.10. The largest absolute Gasteiger partial charge is 0.331 e. The normalized spacial score (nSPS) is 16.8. The summed E-state index contributed by atoms with van der Waals surface area (Å²) < 4.78 is 0. The summed E-state index contributed by atoms with van der Waals surface area (Å²) in [6, 6.07) is 10.1. The Hall–Kier alpha value is -1.33. The maximum Gasteiger partial charge on any atom is 0.103 e. The van der Waals surface area contributed by atoms with Crippen LogP contribution in [0.5, 0.6) is 0 Å². The fraction of sp³-hybridized carbons (Fsp3) is 0.417. The number of nitriles is 1. The van der Waals surface area contributed by atoms with E-state index in [-0.39, 0.29) is 0 Å². The Labute approximate surface area is 84.8 Å². The molecule has 0 amide bonds. The van der Waals surface area contributed by atoms with Crippen LogP contribution in [0.3, 0.4) is 0 Å². The highest BCUT2D eigenvalue weighted by molar-refractivity contribution is 5.31. The molecule has 1 saturated heterocycles. The molecule has 0 unspecified atom stereocenters. The zero-order chi connectivity index (χ0) is 9.80. The third-order valence-electron chi connectivity index (χ3n) is 2.85. The molecule has 14 heavy (non-hydrogen) atoms. The van der Waals surface area contributed by atoms with Crippen molar-refractivity contribution in [1.29, 1.82) is 5.26 Å². The highest BCUT2D eigenvalue weighted by Crippen LogP contribution is 2.02. The van der Waals surface area contributed by atoms with Gasteiger partial charge in [0.2, 0.25) is 0 Å². The molecule has 0 spiro atoms. The van der Waals surface area contributed by atoms with Crippen LogP contribution in [0.15, 0.2) is 24.3 Å². The molecule has 1 aromatic rings. The molecule has 1 fully saturated rings. The van der Waals surface area contributed by atoms with Crippen LogP contribution in [-0.4, -0.2) is 13.1 Å². The molecule has 0 atom stereocenters. The predicted octanol–water partition coefficient (Wildman–Crippen LogP) is 0.737. The predicted molar refractivity (Wildman–Crippen MR) is 54.8 cm³/mol. The highest BCUT2D eigenvalue weighted by Gasteiger charge is 2.14. The van der Waals surface area contributed by atoms with Crippen molar-refractivity contribution in [3.8, 4) is 6.07 Å². The van der Waals surface area contributed by atoms with Crippen molar-refractivity contribution in [2.45, 2.75) is 19.4 Å². The van der Waals surface area contributed by atoms with Crippen LogP contribution in [0, 0.1) is 11.3 Å². The van der Waals surface area contributed by atoms with Gasteiger partial charge in [0.15, 0.2) is 0 Å². The first kappa shape index (κ1) is 9.23. The average molecular weight is 187 g/mol. The Morgan fingerprint density at radius 3 is 2.36 bits per heavy atom. The maximum absolute atomic E-state index is 8.66. The summed E-state index contributed by atoms with van der Waals surface area (Å²) >= 11 is 0. The van der Waals surface area contributed by atoms with Crippen LogP contribution >= 0.6 is 0 Å². The van der Waals surface area contributed by atoms with Crippen LogP contribution in [0.4, 0.5) is 0 Å². The van der Waals surface area contributed by atoms with Crippen LogP contribution in [0.2, 0.25) is 0 Å². The second-order valence-electron chi connectivity index (χ2n) is 3.94. The molecule has 1 aromatic carbocycles. The molecule has 2 rings (SSSR count). The van der Waals surface area contributed by atoms with Crippen molar-refractivity contribution in [2.75, 3.05) is 13.1 Å². The Morgan fingerprint density at radius 2 is 1.79 bits per heavy atom. The van der Waals surface area contributed by atoms with Gasteiger partial charge in [0.1, 0.15) is 6.54 Å². The number of benzene rings is 1. The number of nitrogens with one attached hydrogen (secondary N) is 1. The summed E-state index contributed by atoms with van der Waals surface area (Å²) in [4.78, 5) is 1.68. The number of nitrogens with zero attached hydrogens (tertiary/aromatic N) is 1. The first-order chi connectivity index (χ1) is 6.88. The first-order valence-electron chi connectivity index (χ1n) is 5.21. The standard InChI is InChI=1S/C12H14N2/c13-9-11-3-5-12(6-4-11)10-14-7-1-2-8-14/h3-6H,1-2,7-8,10H2/p+1. The molecule has 0 saturated carbocycles. The van der Waals surface area contributed by atoms with E-state index in [1.807, 2.05) is 12.1 Å². The van der Waals surface area contributed by atoms with Gasteiger partial charge in [-0.3, -0.25) is 0 Å². The van der Waals surface area contributed by atoms with Gasteiger partial charge in [-0.25, -0.2) is 0 Å². The van der Waals surface area contributed by atoms with E-state index in [9.17, 15) is 0 Å². The zero-order valence-electron chi connectivity index (χ0n) is 8.29. The van der Waals surface area contributed by atoms with E-state index in [2.05, 4.69) is 18.2 Å².